The van der Waals surface area contributed by atoms with Crippen molar-refractivity contribution in [3.05, 3.63) is 42.0 Å². The standard InChI is InChI=1S/C15H22/c1-12(2)8-7-10-14-9-5-6-11-15(14)13(3)4/h5-6,9,11-12H,3,7-8,10H2,1-2,4H3. The third-order valence-electron chi connectivity index (χ3n) is 2.70. The van der Waals surface area contributed by atoms with Crippen LogP contribution in [0.25, 0.3) is 5.57 Å². The second-order valence-corrected chi connectivity index (χ2v) is 4.72. The highest BCUT2D eigenvalue weighted by molar-refractivity contribution is 5.64. The molecule has 0 heterocycles. The minimum absolute atomic E-state index is 0.807. The monoisotopic (exact) mass is 202 g/mol. The van der Waals surface area contributed by atoms with Gasteiger partial charge in [-0.15, -0.1) is 0 Å². The fraction of sp³-hybridized carbons (Fsp3) is 0.467. The van der Waals surface area contributed by atoms with Crippen molar-refractivity contribution in [3.63, 3.8) is 0 Å². The Morgan fingerprint density at radius 2 is 1.93 bits per heavy atom. The number of hydrogen-bond acceptors (Lipinski definition) is 0. The Kier molecular flexibility index (Phi) is 4.61. The third-order valence-corrected chi connectivity index (χ3v) is 2.70. The molecule has 0 N–H and O–H groups in total. The summed E-state index contributed by atoms with van der Waals surface area (Å²) in [5.74, 6) is 0.807. The maximum atomic E-state index is 4.03. The molecule has 0 nitrogen and oxygen atoms in total. The van der Waals surface area contributed by atoms with Gasteiger partial charge in [-0.1, -0.05) is 56.7 Å². The summed E-state index contributed by atoms with van der Waals surface area (Å²) in [6, 6.07) is 8.62. The third kappa shape index (κ3) is 3.91. The molecule has 0 spiro atoms. The van der Waals surface area contributed by atoms with E-state index in [9.17, 15) is 0 Å². The van der Waals surface area contributed by atoms with Crippen LogP contribution in [-0.2, 0) is 6.42 Å². The molecule has 0 bridgehead atoms. The van der Waals surface area contributed by atoms with Crippen LogP contribution in [0.1, 0.15) is 44.7 Å². The van der Waals surface area contributed by atoms with Gasteiger partial charge in [-0.05, 0) is 36.8 Å². The molecule has 0 atom stereocenters. The van der Waals surface area contributed by atoms with Gasteiger partial charge >= 0.3 is 0 Å². The zero-order valence-electron chi connectivity index (χ0n) is 10.2. The lowest BCUT2D eigenvalue weighted by molar-refractivity contribution is 0.555. The maximum Gasteiger partial charge on any atom is -0.0201 e. The van der Waals surface area contributed by atoms with E-state index in [1.54, 1.807) is 0 Å². The average Bonchev–Trinajstić information content (AvgIpc) is 2.17. The number of aryl methyl sites for hydroxylation is 1. The van der Waals surface area contributed by atoms with Gasteiger partial charge in [-0.25, -0.2) is 0 Å². The molecule has 1 aromatic carbocycles. The van der Waals surface area contributed by atoms with Gasteiger partial charge in [0.25, 0.3) is 0 Å². The largest absolute Gasteiger partial charge is 0.0955 e. The molecule has 0 amide bonds. The second kappa shape index (κ2) is 5.75. The number of rotatable bonds is 5. The zero-order valence-corrected chi connectivity index (χ0v) is 10.2. The second-order valence-electron chi connectivity index (χ2n) is 4.72. The Labute approximate surface area is 94.0 Å². The molecular formula is C15H22. The first-order chi connectivity index (χ1) is 7.11. The lowest BCUT2D eigenvalue weighted by Crippen LogP contribution is -1.94. The van der Waals surface area contributed by atoms with Gasteiger partial charge in [0.2, 0.25) is 0 Å². The highest BCUT2D eigenvalue weighted by atomic mass is 14.1. The molecule has 0 aliphatic heterocycles. The van der Waals surface area contributed by atoms with E-state index in [2.05, 4.69) is 51.6 Å². The molecule has 0 unspecified atom stereocenters. The van der Waals surface area contributed by atoms with Crippen LogP contribution >= 0.6 is 0 Å². The molecule has 0 saturated carbocycles. The van der Waals surface area contributed by atoms with Crippen LogP contribution in [-0.4, -0.2) is 0 Å². The van der Waals surface area contributed by atoms with Crippen molar-refractivity contribution >= 4 is 5.57 Å². The minimum atomic E-state index is 0.807. The van der Waals surface area contributed by atoms with E-state index in [0.717, 1.165) is 5.92 Å². The Bertz CT molecular complexity index is 321. The minimum Gasteiger partial charge on any atom is -0.0955 e. The average molecular weight is 202 g/mol. The molecule has 15 heavy (non-hydrogen) atoms. The first-order valence-corrected chi connectivity index (χ1v) is 5.85. The molecule has 0 fully saturated rings. The first-order valence-electron chi connectivity index (χ1n) is 5.85. The number of hydrogen-bond donors (Lipinski definition) is 0. The Balaban J connectivity index is 2.63. The molecule has 1 rings (SSSR count). The van der Waals surface area contributed by atoms with E-state index in [4.69, 9.17) is 0 Å². The first kappa shape index (κ1) is 12.0. The van der Waals surface area contributed by atoms with E-state index in [1.165, 1.54) is 36.0 Å². The molecule has 0 aromatic heterocycles. The quantitative estimate of drug-likeness (QED) is 0.649. The molecule has 0 saturated heterocycles. The van der Waals surface area contributed by atoms with E-state index in [0.29, 0.717) is 0 Å². The maximum absolute atomic E-state index is 4.03. The Hall–Kier alpha value is -1.04. The van der Waals surface area contributed by atoms with Gasteiger partial charge in [0.05, 0.1) is 0 Å². The summed E-state index contributed by atoms with van der Waals surface area (Å²) in [6.45, 7) is 10.7. The Morgan fingerprint density at radius 1 is 1.27 bits per heavy atom. The van der Waals surface area contributed by atoms with Crippen molar-refractivity contribution in [1.82, 2.24) is 0 Å². The zero-order chi connectivity index (χ0) is 11.3. The van der Waals surface area contributed by atoms with Crippen LogP contribution in [0.15, 0.2) is 30.8 Å². The van der Waals surface area contributed by atoms with E-state index in [-0.39, 0.29) is 0 Å². The van der Waals surface area contributed by atoms with E-state index in [1.807, 2.05) is 0 Å². The SMILES string of the molecule is C=C(C)c1ccccc1CCCC(C)C. The predicted octanol–water partition coefficient (Wildman–Crippen LogP) is 4.70. The van der Waals surface area contributed by atoms with Gasteiger partial charge in [0, 0.05) is 0 Å². The fourth-order valence-electron chi connectivity index (χ4n) is 1.86. The molecular weight excluding hydrogens is 180 g/mol. The summed E-state index contributed by atoms with van der Waals surface area (Å²) >= 11 is 0. The molecule has 1 aromatic rings. The molecule has 82 valence electrons. The summed E-state index contributed by atoms with van der Waals surface area (Å²) < 4.78 is 0. The molecule has 0 heteroatoms. The van der Waals surface area contributed by atoms with Crippen LogP contribution in [0.2, 0.25) is 0 Å². The summed E-state index contributed by atoms with van der Waals surface area (Å²) in [7, 11) is 0. The molecule has 0 radical (unpaired) electrons. The highest BCUT2D eigenvalue weighted by Crippen LogP contribution is 2.19. The normalized spacial score (nSPS) is 10.7. The lowest BCUT2D eigenvalue weighted by Gasteiger charge is -2.09. The van der Waals surface area contributed by atoms with Crippen LogP contribution < -0.4 is 0 Å². The van der Waals surface area contributed by atoms with Crippen molar-refractivity contribution in [2.24, 2.45) is 5.92 Å². The van der Waals surface area contributed by atoms with Crippen LogP contribution in [0.5, 0.6) is 0 Å². The summed E-state index contributed by atoms with van der Waals surface area (Å²) in [5, 5.41) is 0. The van der Waals surface area contributed by atoms with Gasteiger partial charge in [-0.2, -0.15) is 0 Å². The Morgan fingerprint density at radius 3 is 2.53 bits per heavy atom. The van der Waals surface area contributed by atoms with Crippen LogP contribution in [0.4, 0.5) is 0 Å². The van der Waals surface area contributed by atoms with Crippen molar-refractivity contribution in [3.8, 4) is 0 Å². The van der Waals surface area contributed by atoms with E-state index >= 15 is 0 Å². The fourth-order valence-corrected chi connectivity index (χ4v) is 1.86. The van der Waals surface area contributed by atoms with Gasteiger partial charge in [0.1, 0.15) is 0 Å². The highest BCUT2D eigenvalue weighted by Gasteiger charge is 2.02. The van der Waals surface area contributed by atoms with Crippen LogP contribution in [0, 0.1) is 5.92 Å². The summed E-state index contributed by atoms with van der Waals surface area (Å²) in [4.78, 5) is 0. The molecule has 0 aliphatic rings. The van der Waals surface area contributed by atoms with Crippen molar-refractivity contribution < 1.29 is 0 Å². The van der Waals surface area contributed by atoms with E-state index < -0.39 is 0 Å². The smallest absolute Gasteiger partial charge is 0.0201 e. The van der Waals surface area contributed by atoms with Crippen molar-refractivity contribution in [2.45, 2.75) is 40.0 Å². The lowest BCUT2D eigenvalue weighted by atomic mass is 9.96. The van der Waals surface area contributed by atoms with Gasteiger partial charge in [-0.3, -0.25) is 0 Å². The summed E-state index contributed by atoms with van der Waals surface area (Å²) in [6.07, 6.45) is 3.77. The van der Waals surface area contributed by atoms with Crippen molar-refractivity contribution in [1.29, 1.82) is 0 Å². The molecule has 0 aliphatic carbocycles. The van der Waals surface area contributed by atoms with Crippen LogP contribution in [0.3, 0.4) is 0 Å². The number of allylic oxidation sites excluding steroid dienone is 1. The predicted molar refractivity (Wildman–Crippen MR) is 68.9 cm³/mol. The van der Waals surface area contributed by atoms with Gasteiger partial charge < -0.3 is 0 Å². The van der Waals surface area contributed by atoms with Crippen molar-refractivity contribution in [2.75, 3.05) is 0 Å². The summed E-state index contributed by atoms with van der Waals surface area (Å²) in [5.41, 5.74) is 3.96. The topological polar surface area (TPSA) is 0 Å². The van der Waals surface area contributed by atoms with Gasteiger partial charge in [0.15, 0.2) is 0 Å². The number of benzene rings is 1.